The number of ether oxygens (including phenoxy) is 1. The van der Waals surface area contributed by atoms with E-state index in [4.69, 9.17) is 9.84 Å². The van der Waals surface area contributed by atoms with E-state index in [2.05, 4.69) is 6.07 Å². The summed E-state index contributed by atoms with van der Waals surface area (Å²) in [7, 11) is 1.68. The van der Waals surface area contributed by atoms with Crippen LogP contribution in [0.1, 0.15) is 11.1 Å². The number of aliphatic hydroxyl groups is 1. The highest BCUT2D eigenvalue weighted by Gasteiger charge is 2.13. The summed E-state index contributed by atoms with van der Waals surface area (Å²) in [6, 6.07) is 5.95. The molecule has 0 bridgehead atoms. The van der Waals surface area contributed by atoms with Crippen LogP contribution in [0.25, 0.3) is 0 Å². The van der Waals surface area contributed by atoms with Crippen LogP contribution in [0.5, 0.6) is 5.75 Å². The molecule has 1 N–H and O–H groups in total. The third-order valence-electron chi connectivity index (χ3n) is 2.73. The number of benzene rings is 1. The summed E-state index contributed by atoms with van der Waals surface area (Å²) in [6.45, 7) is 0.821. The Morgan fingerprint density at radius 3 is 3.12 bits per heavy atom. The van der Waals surface area contributed by atoms with Crippen molar-refractivity contribution < 1.29 is 14.6 Å². The second kappa shape index (κ2) is 4.53. The molecular weight excluding hydrogens is 206 g/mol. The summed E-state index contributed by atoms with van der Waals surface area (Å²) in [5.41, 5.74) is 2.26. The maximum atomic E-state index is 11.2. The van der Waals surface area contributed by atoms with Crippen LogP contribution in [0.2, 0.25) is 0 Å². The number of carbonyl (C=O) groups is 1. The Kier molecular flexibility index (Phi) is 3.10. The second-order valence-electron chi connectivity index (χ2n) is 3.95. The number of hydrogen-bond donors (Lipinski definition) is 1. The van der Waals surface area contributed by atoms with Crippen molar-refractivity contribution in [3.63, 3.8) is 0 Å². The predicted molar refractivity (Wildman–Crippen MR) is 59.2 cm³/mol. The van der Waals surface area contributed by atoms with Gasteiger partial charge in [-0.1, -0.05) is 12.1 Å². The molecule has 1 aromatic carbocycles. The van der Waals surface area contributed by atoms with Gasteiger partial charge in [0.05, 0.1) is 6.61 Å². The molecule has 1 aliphatic heterocycles. The van der Waals surface area contributed by atoms with Crippen molar-refractivity contribution in [1.82, 2.24) is 4.90 Å². The van der Waals surface area contributed by atoms with Crippen LogP contribution in [0.15, 0.2) is 18.2 Å². The zero-order valence-corrected chi connectivity index (χ0v) is 9.27. The third-order valence-corrected chi connectivity index (χ3v) is 2.73. The Balaban J connectivity index is 2.08. The number of aliphatic hydroxyl groups excluding tert-OH is 1. The maximum absolute atomic E-state index is 11.2. The fourth-order valence-corrected chi connectivity index (χ4v) is 1.82. The lowest BCUT2D eigenvalue weighted by Crippen LogP contribution is -2.28. The molecule has 0 spiro atoms. The lowest BCUT2D eigenvalue weighted by Gasteiger charge is -2.16. The second-order valence-corrected chi connectivity index (χ2v) is 3.95. The van der Waals surface area contributed by atoms with E-state index in [-0.39, 0.29) is 5.91 Å². The number of likely N-dealkylation sites (N-methyl/N-ethyl adjacent to an activating group) is 1. The van der Waals surface area contributed by atoms with Gasteiger partial charge in [0, 0.05) is 20.0 Å². The molecule has 0 saturated carbocycles. The van der Waals surface area contributed by atoms with Crippen LogP contribution in [-0.2, 0) is 17.8 Å². The van der Waals surface area contributed by atoms with Crippen LogP contribution in [-0.4, -0.2) is 36.2 Å². The summed E-state index contributed by atoms with van der Waals surface area (Å²) in [5, 5.41) is 8.73. The first kappa shape index (κ1) is 11.0. The van der Waals surface area contributed by atoms with Crippen LogP contribution < -0.4 is 4.74 Å². The average Bonchev–Trinajstić information content (AvgIpc) is 2.75. The van der Waals surface area contributed by atoms with Gasteiger partial charge >= 0.3 is 0 Å². The quantitative estimate of drug-likeness (QED) is 0.812. The first-order chi connectivity index (χ1) is 7.70. The minimum atomic E-state index is -0.440. The van der Waals surface area contributed by atoms with Gasteiger partial charge in [-0.25, -0.2) is 0 Å². The molecule has 86 valence electrons. The van der Waals surface area contributed by atoms with Crippen molar-refractivity contribution in [2.24, 2.45) is 0 Å². The Hall–Kier alpha value is -1.55. The number of rotatable bonds is 3. The zero-order chi connectivity index (χ0) is 11.5. The predicted octanol–water partition coefficient (Wildman–Crippen LogP) is 0.572. The normalized spacial score (nSPS) is 13.1. The van der Waals surface area contributed by atoms with Gasteiger partial charge in [0.2, 0.25) is 5.91 Å². The molecule has 0 radical (unpaired) electrons. The maximum Gasteiger partial charge on any atom is 0.248 e. The lowest BCUT2D eigenvalue weighted by atomic mass is 10.1. The van der Waals surface area contributed by atoms with Crippen LogP contribution >= 0.6 is 0 Å². The van der Waals surface area contributed by atoms with E-state index < -0.39 is 6.61 Å². The van der Waals surface area contributed by atoms with Crippen LogP contribution in [0.4, 0.5) is 0 Å². The van der Waals surface area contributed by atoms with Crippen molar-refractivity contribution >= 4 is 5.91 Å². The summed E-state index contributed by atoms with van der Waals surface area (Å²) in [6.07, 6.45) is 0.931. The van der Waals surface area contributed by atoms with Gasteiger partial charge < -0.3 is 14.7 Å². The number of hydrogen-bond acceptors (Lipinski definition) is 3. The molecule has 4 heteroatoms. The fourth-order valence-electron chi connectivity index (χ4n) is 1.82. The van der Waals surface area contributed by atoms with Gasteiger partial charge in [-0.15, -0.1) is 0 Å². The number of amides is 1. The molecular formula is C12H15NO3. The van der Waals surface area contributed by atoms with Crippen LogP contribution in [0, 0.1) is 0 Å². The Bertz CT molecular complexity index is 403. The van der Waals surface area contributed by atoms with E-state index >= 15 is 0 Å². The summed E-state index contributed by atoms with van der Waals surface area (Å²) in [4.78, 5) is 12.7. The van der Waals surface area contributed by atoms with Crippen LogP contribution in [0.3, 0.4) is 0 Å². The fraction of sp³-hybridized carbons (Fsp3) is 0.417. The minimum Gasteiger partial charge on any atom is -0.493 e. The molecule has 0 aliphatic carbocycles. The third kappa shape index (κ3) is 2.17. The summed E-state index contributed by atoms with van der Waals surface area (Å²) in [5.74, 6) is 0.677. The molecule has 1 aliphatic rings. The van der Waals surface area contributed by atoms with E-state index in [0.29, 0.717) is 6.54 Å². The highest BCUT2D eigenvalue weighted by Crippen LogP contribution is 2.26. The molecule has 0 saturated heterocycles. The Morgan fingerprint density at radius 1 is 1.56 bits per heavy atom. The topological polar surface area (TPSA) is 49.8 Å². The van der Waals surface area contributed by atoms with E-state index in [0.717, 1.165) is 24.3 Å². The van der Waals surface area contributed by atoms with Crippen molar-refractivity contribution in [2.45, 2.75) is 13.0 Å². The molecule has 0 aromatic heterocycles. The molecule has 0 fully saturated rings. The smallest absolute Gasteiger partial charge is 0.248 e. The Labute approximate surface area is 94.4 Å². The molecule has 1 amide bonds. The van der Waals surface area contributed by atoms with Gasteiger partial charge in [-0.2, -0.15) is 0 Å². The zero-order valence-electron chi connectivity index (χ0n) is 9.27. The molecule has 1 heterocycles. The summed E-state index contributed by atoms with van der Waals surface area (Å²) >= 11 is 0. The van der Waals surface area contributed by atoms with Gasteiger partial charge in [0.15, 0.2) is 0 Å². The molecule has 4 nitrogen and oxygen atoms in total. The lowest BCUT2D eigenvalue weighted by molar-refractivity contribution is -0.133. The van der Waals surface area contributed by atoms with Gasteiger partial charge in [0.1, 0.15) is 12.4 Å². The van der Waals surface area contributed by atoms with Gasteiger partial charge in [0.25, 0.3) is 0 Å². The highest BCUT2D eigenvalue weighted by atomic mass is 16.5. The van der Waals surface area contributed by atoms with E-state index in [1.807, 2.05) is 12.1 Å². The molecule has 2 rings (SSSR count). The SMILES string of the molecule is CN(Cc1ccc2c(c1)CCO2)C(=O)CO. The van der Waals surface area contributed by atoms with Crippen molar-refractivity contribution in [2.75, 3.05) is 20.3 Å². The first-order valence-corrected chi connectivity index (χ1v) is 5.30. The van der Waals surface area contributed by atoms with E-state index in [9.17, 15) is 4.79 Å². The Morgan fingerprint density at radius 2 is 2.38 bits per heavy atom. The van der Waals surface area contributed by atoms with E-state index in [1.54, 1.807) is 7.05 Å². The first-order valence-electron chi connectivity index (χ1n) is 5.30. The standard InChI is InChI=1S/C12H15NO3/c1-13(12(15)8-14)7-9-2-3-11-10(6-9)4-5-16-11/h2-3,6,14H,4-5,7-8H2,1H3. The van der Waals surface area contributed by atoms with Crippen molar-refractivity contribution in [3.8, 4) is 5.75 Å². The molecule has 0 atom stereocenters. The molecule has 0 unspecified atom stereocenters. The van der Waals surface area contributed by atoms with Crippen molar-refractivity contribution in [1.29, 1.82) is 0 Å². The van der Waals surface area contributed by atoms with E-state index in [1.165, 1.54) is 10.5 Å². The van der Waals surface area contributed by atoms with Gasteiger partial charge in [-0.05, 0) is 17.2 Å². The monoisotopic (exact) mass is 221 g/mol. The molecule has 1 aromatic rings. The average molecular weight is 221 g/mol. The number of carbonyl (C=O) groups excluding carboxylic acids is 1. The minimum absolute atomic E-state index is 0.267. The largest absolute Gasteiger partial charge is 0.493 e. The highest BCUT2D eigenvalue weighted by molar-refractivity contribution is 5.76. The van der Waals surface area contributed by atoms with Crippen molar-refractivity contribution in [3.05, 3.63) is 29.3 Å². The number of fused-ring (bicyclic) bond motifs is 1. The summed E-state index contributed by atoms with van der Waals surface area (Å²) < 4.78 is 5.41. The number of nitrogens with zero attached hydrogens (tertiary/aromatic N) is 1. The molecule has 16 heavy (non-hydrogen) atoms. The van der Waals surface area contributed by atoms with Gasteiger partial charge in [-0.3, -0.25) is 4.79 Å².